The fourth-order valence-corrected chi connectivity index (χ4v) is 4.01. The zero-order valence-corrected chi connectivity index (χ0v) is 16.1. The van der Waals surface area contributed by atoms with Crippen LogP contribution in [-0.2, 0) is 21.4 Å². The summed E-state index contributed by atoms with van der Waals surface area (Å²) in [5, 5.41) is 2.61. The predicted octanol–water partition coefficient (Wildman–Crippen LogP) is 2.21. The van der Waals surface area contributed by atoms with Gasteiger partial charge in [-0.15, -0.1) is 0 Å². The molecule has 0 aliphatic heterocycles. The van der Waals surface area contributed by atoms with Crippen molar-refractivity contribution in [2.24, 2.45) is 5.73 Å². The molecule has 0 spiro atoms. The van der Waals surface area contributed by atoms with Crippen LogP contribution in [0.4, 0.5) is 5.69 Å². The van der Waals surface area contributed by atoms with Gasteiger partial charge in [-0.2, -0.15) is 4.31 Å². The van der Waals surface area contributed by atoms with E-state index in [0.717, 1.165) is 4.31 Å². The number of hydrogen-bond acceptors (Lipinski definition) is 5. The second kappa shape index (κ2) is 8.72. The molecule has 0 atom stereocenters. The Morgan fingerprint density at radius 1 is 0.966 bits per heavy atom. The molecule has 0 radical (unpaired) electrons. The van der Waals surface area contributed by atoms with Crippen LogP contribution in [0.3, 0.4) is 0 Å². The van der Waals surface area contributed by atoms with E-state index in [0.29, 0.717) is 17.0 Å². The first-order valence-corrected chi connectivity index (χ1v) is 10.1. The van der Waals surface area contributed by atoms with Crippen LogP contribution in [0.15, 0.2) is 82.3 Å². The lowest BCUT2D eigenvalue weighted by Gasteiger charge is -2.21. The number of furan rings is 1. The number of nitrogens with two attached hydrogens (primary N) is 1. The Hall–Kier alpha value is -3.43. The van der Waals surface area contributed by atoms with Crippen LogP contribution in [0.25, 0.3) is 0 Å². The number of rotatable bonds is 8. The van der Waals surface area contributed by atoms with Gasteiger partial charge in [0.05, 0.1) is 24.2 Å². The largest absolute Gasteiger partial charge is 0.468 e. The third kappa shape index (κ3) is 5.09. The SMILES string of the molecule is NC(=O)c1ccc(NC(=O)CN(Cc2ccco2)S(=O)(=O)c2ccccc2)cc1. The van der Waals surface area contributed by atoms with Crippen molar-refractivity contribution in [3.05, 3.63) is 84.3 Å². The molecule has 2 amide bonds. The maximum Gasteiger partial charge on any atom is 0.248 e. The summed E-state index contributed by atoms with van der Waals surface area (Å²) in [7, 11) is -3.93. The van der Waals surface area contributed by atoms with Gasteiger partial charge in [0.2, 0.25) is 21.8 Å². The van der Waals surface area contributed by atoms with Gasteiger partial charge in [-0.1, -0.05) is 18.2 Å². The van der Waals surface area contributed by atoms with Crippen LogP contribution in [0.2, 0.25) is 0 Å². The summed E-state index contributed by atoms with van der Waals surface area (Å²) in [5.74, 6) is -0.715. The van der Waals surface area contributed by atoms with Crippen molar-refractivity contribution < 1.29 is 22.4 Å². The van der Waals surface area contributed by atoms with Gasteiger partial charge >= 0.3 is 0 Å². The van der Waals surface area contributed by atoms with Gasteiger partial charge in [0, 0.05) is 11.3 Å². The van der Waals surface area contributed by atoms with Gasteiger partial charge in [-0.05, 0) is 48.5 Å². The van der Waals surface area contributed by atoms with Crippen molar-refractivity contribution in [1.82, 2.24) is 4.31 Å². The summed E-state index contributed by atoms with van der Waals surface area (Å²) in [6.45, 7) is -0.520. The number of anilines is 1. The number of sulfonamides is 1. The highest BCUT2D eigenvalue weighted by Crippen LogP contribution is 2.19. The third-order valence-corrected chi connectivity index (χ3v) is 5.87. The second-order valence-electron chi connectivity index (χ2n) is 6.16. The maximum atomic E-state index is 13.0. The Labute approximate surface area is 168 Å². The van der Waals surface area contributed by atoms with Crippen LogP contribution >= 0.6 is 0 Å². The summed E-state index contributed by atoms with van der Waals surface area (Å²) in [6, 6.07) is 17.1. The van der Waals surface area contributed by atoms with Crippen LogP contribution in [0.5, 0.6) is 0 Å². The molecule has 2 aromatic carbocycles. The summed E-state index contributed by atoms with van der Waals surface area (Å²) in [4.78, 5) is 23.7. The molecule has 0 aliphatic rings. The van der Waals surface area contributed by atoms with E-state index in [-0.39, 0.29) is 11.4 Å². The summed E-state index contributed by atoms with van der Waals surface area (Å²) in [6.07, 6.45) is 1.43. The number of primary amides is 1. The number of hydrogen-bond donors (Lipinski definition) is 2. The lowest BCUT2D eigenvalue weighted by molar-refractivity contribution is -0.116. The second-order valence-corrected chi connectivity index (χ2v) is 8.09. The Morgan fingerprint density at radius 2 is 1.66 bits per heavy atom. The molecule has 0 saturated carbocycles. The quantitative estimate of drug-likeness (QED) is 0.586. The third-order valence-electron chi connectivity index (χ3n) is 4.07. The molecule has 0 bridgehead atoms. The molecule has 0 aliphatic carbocycles. The Balaban J connectivity index is 1.79. The zero-order chi connectivity index (χ0) is 20.9. The first kappa shape index (κ1) is 20.3. The zero-order valence-electron chi connectivity index (χ0n) is 15.3. The van der Waals surface area contributed by atoms with Gasteiger partial charge in [-0.25, -0.2) is 8.42 Å². The average Bonchev–Trinajstić information content (AvgIpc) is 3.22. The first-order valence-electron chi connectivity index (χ1n) is 8.63. The number of amides is 2. The summed E-state index contributed by atoms with van der Waals surface area (Å²) >= 11 is 0. The van der Waals surface area contributed by atoms with E-state index in [1.54, 1.807) is 30.3 Å². The first-order chi connectivity index (χ1) is 13.9. The molecular weight excluding hydrogens is 394 g/mol. The van der Waals surface area contributed by atoms with Crippen molar-refractivity contribution in [2.45, 2.75) is 11.4 Å². The van der Waals surface area contributed by atoms with E-state index >= 15 is 0 Å². The maximum absolute atomic E-state index is 13.0. The molecule has 9 heteroatoms. The normalized spacial score (nSPS) is 11.3. The number of nitrogens with zero attached hydrogens (tertiary/aromatic N) is 1. The van der Waals surface area contributed by atoms with Gasteiger partial charge < -0.3 is 15.5 Å². The molecule has 3 aromatic rings. The Morgan fingerprint density at radius 3 is 2.24 bits per heavy atom. The van der Waals surface area contributed by atoms with Crippen molar-refractivity contribution in [3.8, 4) is 0 Å². The number of carbonyl (C=O) groups excluding carboxylic acids is 2. The fraction of sp³-hybridized carbons (Fsp3) is 0.100. The number of nitrogens with one attached hydrogen (secondary N) is 1. The smallest absolute Gasteiger partial charge is 0.248 e. The fourth-order valence-electron chi connectivity index (χ4n) is 2.62. The standard InChI is InChI=1S/C20H19N3O5S/c21-20(25)15-8-10-16(11-9-15)22-19(24)14-23(13-17-5-4-12-28-17)29(26,27)18-6-2-1-3-7-18/h1-12H,13-14H2,(H2,21,25)(H,22,24). The van der Waals surface area contributed by atoms with Crippen LogP contribution in [-0.4, -0.2) is 31.1 Å². The molecule has 29 heavy (non-hydrogen) atoms. The minimum atomic E-state index is -3.93. The van der Waals surface area contributed by atoms with Crippen LogP contribution in [0, 0.1) is 0 Å². The van der Waals surface area contributed by atoms with E-state index in [1.165, 1.54) is 42.7 Å². The number of benzene rings is 2. The molecule has 1 heterocycles. The van der Waals surface area contributed by atoms with Crippen LogP contribution < -0.4 is 11.1 Å². The average molecular weight is 413 g/mol. The van der Waals surface area contributed by atoms with Gasteiger partial charge in [-0.3, -0.25) is 9.59 Å². The van der Waals surface area contributed by atoms with E-state index in [4.69, 9.17) is 10.2 Å². The van der Waals surface area contributed by atoms with Crippen molar-refractivity contribution in [3.63, 3.8) is 0 Å². The van der Waals surface area contributed by atoms with Crippen molar-refractivity contribution in [1.29, 1.82) is 0 Å². The number of carbonyl (C=O) groups is 2. The van der Waals surface area contributed by atoms with E-state index in [9.17, 15) is 18.0 Å². The topological polar surface area (TPSA) is 123 Å². The molecule has 150 valence electrons. The molecule has 0 unspecified atom stereocenters. The molecule has 0 saturated heterocycles. The molecular formula is C20H19N3O5S. The lowest BCUT2D eigenvalue weighted by atomic mass is 10.2. The minimum absolute atomic E-state index is 0.0742. The summed E-state index contributed by atoms with van der Waals surface area (Å²) in [5.41, 5.74) is 5.90. The highest BCUT2D eigenvalue weighted by Gasteiger charge is 2.27. The van der Waals surface area contributed by atoms with E-state index in [2.05, 4.69) is 5.32 Å². The molecule has 0 fully saturated rings. The molecule has 1 aromatic heterocycles. The van der Waals surface area contributed by atoms with E-state index in [1.807, 2.05) is 0 Å². The van der Waals surface area contributed by atoms with Crippen molar-refractivity contribution in [2.75, 3.05) is 11.9 Å². The van der Waals surface area contributed by atoms with E-state index < -0.39 is 28.4 Å². The van der Waals surface area contributed by atoms with Gasteiger partial charge in [0.1, 0.15) is 5.76 Å². The highest BCUT2D eigenvalue weighted by molar-refractivity contribution is 7.89. The monoisotopic (exact) mass is 413 g/mol. The molecule has 3 N–H and O–H groups in total. The molecule has 3 rings (SSSR count). The van der Waals surface area contributed by atoms with Crippen molar-refractivity contribution >= 4 is 27.5 Å². The molecule has 8 nitrogen and oxygen atoms in total. The lowest BCUT2D eigenvalue weighted by Crippen LogP contribution is -2.37. The highest BCUT2D eigenvalue weighted by atomic mass is 32.2. The summed E-state index contributed by atoms with van der Waals surface area (Å²) < 4.78 is 32.3. The minimum Gasteiger partial charge on any atom is -0.468 e. The van der Waals surface area contributed by atoms with Gasteiger partial charge in [0.25, 0.3) is 0 Å². The Kier molecular flexibility index (Phi) is 6.10. The Bertz CT molecular complexity index is 1080. The van der Waals surface area contributed by atoms with Crippen LogP contribution in [0.1, 0.15) is 16.1 Å². The van der Waals surface area contributed by atoms with Gasteiger partial charge in [0.15, 0.2) is 0 Å². The predicted molar refractivity (Wildman–Crippen MR) is 106 cm³/mol.